The summed E-state index contributed by atoms with van der Waals surface area (Å²) in [6.07, 6.45) is 5.67. The fourth-order valence-corrected chi connectivity index (χ4v) is 5.05. The Balaban J connectivity index is 1.28. The zero-order valence-electron chi connectivity index (χ0n) is 20.4. The molecule has 3 aromatic rings. The molecule has 3 aliphatic rings. The minimum atomic E-state index is -0.474. The molecule has 2 bridgehead atoms. The number of ether oxygens (including phenoxy) is 3. The second-order valence-electron chi connectivity index (χ2n) is 9.32. The van der Waals surface area contributed by atoms with Gasteiger partial charge in [-0.1, -0.05) is 5.21 Å². The first-order valence-electron chi connectivity index (χ1n) is 12.3. The van der Waals surface area contributed by atoms with Gasteiger partial charge in [-0.15, -0.1) is 5.10 Å². The van der Waals surface area contributed by atoms with Crippen LogP contribution in [0.4, 0.5) is 0 Å². The Morgan fingerprint density at radius 3 is 3.08 bits per heavy atom. The lowest BCUT2D eigenvalue weighted by atomic mass is 10.1. The minimum Gasteiger partial charge on any atom is -0.489 e. The van der Waals surface area contributed by atoms with E-state index in [0.29, 0.717) is 36.0 Å². The highest BCUT2D eigenvalue weighted by Gasteiger charge is 2.39. The van der Waals surface area contributed by atoms with Crippen molar-refractivity contribution >= 4 is 11.8 Å². The van der Waals surface area contributed by atoms with Crippen molar-refractivity contribution in [2.45, 2.75) is 44.6 Å². The molecule has 0 aromatic carbocycles. The number of aryl methyl sites for hydroxylation is 2. The number of pyridine rings is 2. The SMILES string of the molecule is COc1nc2c(cc1C(=O)N1C[C@@H]3NC(=O)c4ncccc4OCCn4cc(nn4)CO[C@H]3C1)CCC2. The Bertz CT molecular complexity index is 1340. The Labute approximate surface area is 212 Å². The van der Waals surface area contributed by atoms with E-state index in [1.165, 1.54) is 7.11 Å². The van der Waals surface area contributed by atoms with Crippen LogP contribution in [-0.2, 0) is 30.7 Å². The van der Waals surface area contributed by atoms with E-state index in [2.05, 4.69) is 25.6 Å². The van der Waals surface area contributed by atoms with Crippen LogP contribution in [0.25, 0.3) is 0 Å². The second kappa shape index (κ2) is 9.77. The van der Waals surface area contributed by atoms with E-state index in [1.807, 2.05) is 6.07 Å². The molecule has 1 N–H and O–H groups in total. The van der Waals surface area contributed by atoms with Crippen molar-refractivity contribution in [3.63, 3.8) is 0 Å². The van der Waals surface area contributed by atoms with Crippen LogP contribution in [0, 0.1) is 0 Å². The van der Waals surface area contributed by atoms with Crippen LogP contribution in [0.3, 0.4) is 0 Å². The zero-order chi connectivity index (χ0) is 25.4. The maximum atomic E-state index is 13.6. The molecule has 1 fully saturated rings. The van der Waals surface area contributed by atoms with Crippen LogP contribution in [0.15, 0.2) is 30.6 Å². The summed E-state index contributed by atoms with van der Waals surface area (Å²) in [4.78, 5) is 37.4. The Morgan fingerprint density at radius 2 is 2.19 bits per heavy atom. The Hall–Kier alpha value is -4.06. The van der Waals surface area contributed by atoms with Gasteiger partial charge in [0.25, 0.3) is 11.8 Å². The number of fused-ring (bicyclic) bond motifs is 5. The summed E-state index contributed by atoms with van der Waals surface area (Å²) in [5.74, 6) is 0.0833. The van der Waals surface area contributed by atoms with E-state index < -0.39 is 18.1 Å². The van der Waals surface area contributed by atoms with E-state index in [-0.39, 0.29) is 31.3 Å². The molecule has 2 amide bonds. The molecule has 6 rings (SSSR count). The van der Waals surface area contributed by atoms with Gasteiger partial charge < -0.3 is 24.4 Å². The lowest BCUT2D eigenvalue weighted by Crippen LogP contribution is -2.44. The molecule has 12 nitrogen and oxygen atoms in total. The number of carbonyl (C=O) groups excluding carboxylic acids is 2. The molecule has 0 spiro atoms. The molecule has 3 aromatic heterocycles. The van der Waals surface area contributed by atoms with Crippen LogP contribution in [0.5, 0.6) is 11.6 Å². The smallest absolute Gasteiger partial charge is 0.274 e. The predicted molar refractivity (Wildman–Crippen MR) is 128 cm³/mol. The zero-order valence-corrected chi connectivity index (χ0v) is 20.4. The first-order valence-corrected chi connectivity index (χ1v) is 12.3. The average molecular weight is 506 g/mol. The Kier molecular flexibility index (Phi) is 6.16. The number of nitrogens with zero attached hydrogens (tertiary/aromatic N) is 6. The number of nitrogens with one attached hydrogen (secondary N) is 1. The molecule has 5 heterocycles. The van der Waals surface area contributed by atoms with Gasteiger partial charge >= 0.3 is 0 Å². The molecule has 0 radical (unpaired) electrons. The molecule has 2 atom stereocenters. The number of methoxy groups -OCH3 is 1. The maximum Gasteiger partial charge on any atom is 0.274 e. The van der Waals surface area contributed by atoms with Crippen LogP contribution in [0.1, 0.15) is 44.2 Å². The number of amides is 2. The van der Waals surface area contributed by atoms with Crippen molar-refractivity contribution < 1.29 is 23.8 Å². The lowest BCUT2D eigenvalue weighted by molar-refractivity contribution is 0.0289. The third kappa shape index (κ3) is 4.59. The quantitative estimate of drug-likeness (QED) is 0.537. The maximum absolute atomic E-state index is 13.6. The molecular weight excluding hydrogens is 478 g/mol. The average Bonchev–Trinajstić information content (AvgIpc) is 3.66. The Morgan fingerprint density at radius 1 is 1.27 bits per heavy atom. The van der Waals surface area contributed by atoms with Crippen LogP contribution in [0.2, 0.25) is 0 Å². The van der Waals surface area contributed by atoms with Gasteiger partial charge in [-0.2, -0.15) is 0 Å². The van der Waals surface area contributed by atoms with Crippen molar-refractivity contribution in [3.05, 3.63) is 58.8 Å². The van der Waals surface area contributed by atoms with E-state index >= 15 is 0 Å². The minimum absolute atomic E-state index is 0.173. The predicted octanol–water partition coefficient (Wildman–Crippen LogP) is 0.798. The second-order valence-corrected chi connectivity index (χ2v) is 9.32. The van der Waals surface area contributed by atoms with E-state index in [1.54, 1.807) is 34.1 Å². The monoisotopic (exact) mass is 505 g/mol. The van der Waals surface area contributed by atoms with Gasteiger partial charge in [-0.3, -0.25) is 9.59 Å². The number of likely N-dealkylation sites (tertiary alicyclic amines) is 1. The highest BCUT2D eigenvalue weighted by atomic mass is 16.5. The van der Waals surface area contributed by atoms with Gasteiger partial charge in [0, 0.05) is 25.0 Å². The third-order valence-corrected chi connectivity index (χ3v) is 6.90. The van der Waals surface area contributed by atoms with Gasteiger partial charge in [0.2, 0.25) is 5.88 Å². The first kappa shape index (κ1) is 23.3. The summed E-state index contributed by atoms with van der Waals surface area (Å²) in [7, 11) is 1.52. The van der Waals surface area contributed by atoms with E-state index in [4.69, 9.17) is 14.2 Å². The van der Waals surface area contributed by atoms with Gasteiger partial charge in [-0.05, 0) is 43.0 Å². The summed E-state index contributed by atoms with van der Waals surface area (Å²) in [6.45, 7) is 1.47. The van der Waals surface area contributed by atoms with Crippen molar-refractivity contribution in [1.29, 1.82) is 0 Å². The van der Waals surface area contributed by atoms with Gasteiger partial charge in [0.05, 0.1) is 38.6 Å². The molecular formula is C25H27N7O5. The van der Waals surface area contributed by atoms with Gasteiger partial charge in [-0.25, -0.2) is 14.6 Å². The lowest BCUT2D eigenvalue weighted by Gasteiger charge is -2.20. The van der Waals surface area contributed by atoms with Crippen molar-refractivity contribution in [2.24, 2.45) is 0 Å². The molecule has 2 aliphatic heterocycles. The third-order valence-electron chi connectivity index (χ3n) is 6.90. The molecule has 1 aliphatic carbocycles. The highest BCUT2D eigenvalue weighted by molar-refractivity contribution is 5.97. The molecule has 192 valence electrons. The number of carbonyl (C=O) groups is 2. The van der Waals surface area contributed by atoms with Crippen LogP contribution < -0.4 is 14.8 Å². The van der Waals surface area contributed by atoms with E-state index in [0.717, 1.165) is 30.5 Å². The molecule has 1 saturated heterocycles. The summed E-state index contributed by atoms with van der Waals surface area (Å²) in [5.41, 5.74) is 3.31. The van der Waals surface area contributed by atoms with Crippen molar-refractivity contribution in [1.82, 2.24) is 35.2 Å². The fraction of sp³-hybridized carbons (Fsp3) is 0.440. The molecule has 37 heavy (non-hydrogen) atoms. The van der Waals surface area contributed by atoms with Crippen molar-refractivity contribution in [3.8, 4) is 11.6 Å². The topological polar surface area (TPSA) is 134 Å². The standard InChI is InChI=1S/C25H27N7O5/c1-35-24-17(10-15-4-2-5-18(15)28-24)25(34)31-12-19-21(13-31)37-14-16-11-32(30-29-16)8-9-36-20-6-3-7-26-22(20)23(33)27-19/h3,6-7,10-11,19,21H,2,4-5,8-9,12-14H2,1H3,(H,27,33)/t19-,21-/m0/s1. The highest BCUT2D eigenvalue weighted by Crippen LogP contribution is 2.29. The van der Waals surface area contributed by atoms with Crippen LogP contribution >= 0.6 is 0 Å². The molecule has 12 heteroatoms. The number of aromatic nitrogens is 5. The molecule has 0 saturated carbocycles. The number of hydrogen-bond donors (Lipinski definition) is 1. The van der Waals surface area contributed by atoms with E-state index in [9.17, 15) is 9.59 Å². The number of rotatable bonds is 2. The summed E-state index contributed by atoms with van der Waals surface area (Å²) < 4.78 is 19.1. The van der Waals surface area contributed by atoms with Gasteiger partial charge in [0.1, 0.15) is 17.9 Å². The summed E-state index contributed by atoms with van der Waals surface area (Å²) in [6, 6.07) is 4.83. The largest absolute Gasteiger partial charge is 0.489 e. The fourth-order valence-electron chi connectivity index (χ4n) is 5.05. The van der Waals surface area contributed by atoms with Crippen molar-refractivity contribution in [2.75, 3.05) is 26.8 Å². The first-order chi connectivity index (χ1) is 18.1. The summed E-state index contributed by atoms with van der Waals surface area (Å²) >= 11 is 0. The number of hydrogen-bond acceptors (Lipinski definition) is 9. The van der Waals surface area contributed by atoms with Crippen LogP contribution in [-0.4, -0.2) is 80.6 Å². The summed E-state index contributed by atoms with van der Waals surface area (Å²) in [5, 5.41) is 11.3. The van der Waals surface area contributed by atoms with Gasteiger partial charge in [0.15, 0.2) is 11.4 Å². The molecule has 0 unspecified atom stereocenters. The normalized spacial score (nSPS) is 21.2.